The van der Waals surface area contributed by atoms with Crippen LogP contribution in [0, 0.1) is 5.82 Å². The first-order valence-electron chi connectivity index (χ1n) is 6.06. The molecule has 19 heavy (non-hydrogen) atoms. The van der Waals surface area contributed by atoms with E-state index in [2.05, 4.69) is 4.98 Å². The van der Waals surface area contributed by atoms with Gasteiger partial charge in [-0.3, -0.25) is 0 Å². The van der Waals surface area contributed by atoms with E-state index in [4.69, 9.17) is 4.74 Å². The summed E-state index contributed by atoms with van der Waals surface area (Å²) in [6.07, 6.45) is 0. The van der Waals surface area contributed by atoms with Crippen LogP contribution < -0.4 is 4.74 Å². The van der Waals surface area contributed by atoms with Crippen LogP contribution >= 0.6 is 11.3 Å². The number of rotatable bonds is 3. The molecule has 3 rings (SSSR count). The van der Waals surface area contributed by atoms with Gasteiger partial charge in [0.25, 0.3) is 0 Å². The van der Waals surface area contributed by atoms with Gasteiger partial charge < -0.3 is 4.74 Å². The van der Waals surface area contributed by atoms with Crippen molar-refractivity contribution in [2.24, 2.45) is 0 Å². The summed E-state index contributed by atoms with van der Waals surface area (Å²) < 4.78 is 20.2. The number of halogens is 1. The van der Waals surface area contributed by atoms with E-state index in [0.29, 0.717) is 17.2 Å². The molecule has 4 heteroatoms. The summed E-state index contributed by atoms with van der Waals surface area (Å²) in [5.74, 6) is 0.574. The number of nitrogens with zero attached hydrogens (tertiary/aromatic N) is 1. The number of fused-ring (bicyclic) bond motifs is 1. The fraction of sp³-hybridized carbons (Fsp3) is 0.133. The molecule has 0 radical (unpaired) electrons. The van der Waals surface area contributed by atoms with E-state index >= 15 is 0 Å². The number of hydrogen-bond acceptors (Lipinski definition) is 3. The van der Waals surface area contributed by atoms with Crippen LogP contribution in [0.4, 0.5) is 4.39 Å². The average Bonchev–Trinajstić information content (AvgIpc) is 2.82. The lowest BCUT2D eigenvalue weighted by molar-refractivity contribution is 0.341. The molecule has 0 aliphatic heterocycles. The van der Waals surface area contributed by atoms with E-state index in [1.807, 2.05) is 31.2 Å². The first-order chi connectivity index (χ1) is 9.28. The van der Waals surface area contributed by atoms with Crippen LogP contribution in [0.3, 0.4) is 0 Å². The van der Waals surface area contributed by atoms with E-state index < -0.39 is 0 Å². The predicted molar refractivity (Wildman–Crippen MR) is 76.2 cm³/mol. The maximum absolute atomic E-state index is 13.7. The SMILES string of the molecule is CCOc1ccc2nc(-c3ccccc3F)sc2c1. The molecule has 0 atom stereocenters. The number of aromatic nitrogens is 1. The van der Waals surface area contributed by atoms with Gasteiger partial charge in [-0.2, -0.15) is 0 Å². The molecule has 0 bridgehead atoms. The van der Waals surface area contributed by atoms with Crippen molar-refractivity contribution in [3.63, 3.8) is 0 Å². The van der Waals surface area contributed by atoms with Crippen molar-refractivity contribution in [2.45, 2.75) is 6.92 Å². The zero-order valence-corrected chi connectivity index (χ0v) is 11.2. The van der Waals surface area contributed by atoms with Gasteiger partial charge in [0.2, 0.25) is 0 Å². The van der Waals surface area contributed by atoms with E-state index in [1.54, 1.807) is 12.1 Å². The fourth-order valence-corrected chi connectivity index (χ4v) is 2.93. The maximum atomic E-state index is 13.7. The minimum absolute atomic E-state index is 0.244. The molecule has 96 valence electrons. The highest BCUT2D eigenvalue weighted by Gasteiger charge is 2.10. The second-order valence-electron chi connectivity index (χ2n) is 4.06. The van der Waals surface area contributed by atoms with Gasteiger partial charge in [0.05, 0.1) is 16.8 Å². The van der Waals surface area contributed by atoms with Crippen molar-refractivity contribution in [1.82, 2.24) is 4.98 Å². The van der Waals surface area contributed by atoms with E-state index in [9.17, 15) is 4.39 Å². The largest absolute Gasteiger partial charge is 0.494 e. The van der Waals surface area contributed by atoms with Gasteiger partial charge >= 0.3 is 0 Å². The Morgan fingerprint density at radius 2 is 2.05 bits per heavy atom. The highest BCUT2D eigenvalue weighted by molar-refractivity contribution is 7.21. The fourth-order valence-electron chi connectivity index (χ4n) is 1.91. The minimum Gasteiger partial charge on any atom is -0.494 e. The van der Waals surface area contributed by atoms with Crippen LogP contribution in [0.2, 0.25) is 0 Å². The number of hydrogen-bond donors (Lipinski definition) is 0. The Labute approximate surface area is 114 Å². The second-order valence-corrected chi connectivity index (χ2v) is 5.09. The average molecular weight is 273 g/mol. The van der Waals surface area contributed by atoms with Crippen LogP contribution in [0.25, 0.3) is 20.8 Å². The van der Waals surface area contributed by atoms with Gasteiger partial charge in [0, 0.05) is 5.56 Å². The lowest BCUT2D eigenvalue weighted by atomic mass is 10.2. The highest BCUT2D eigenvalue weighted by atomic mass is 32.1. The Hall–Kier alpha value is -1.94. The third-order valence-corrected chi connectivity index (χ3v) is 3.83. The Kier molecular flexibility index (Phi) is 3.17. The molecule has 1 heterocycles. The third kappa shape index (κ3) is 2.31. The van der Waals surface area contributed by atoms with Gasteiger partial charge in [-0.1, -0.05) is 12.1 Å². The Morgan fingerprint density at radius 1 is 1.21 bits per heavy atom. The summed E-state index contributed by atoms with van der Waals surface area (Å²) in [6, 6.07) is 12.4. The molecular formula is C15H12FNOS. The first-order valence-corrected chi connectivity index (χ1v) is 6.88. The minimum atomic E-state index is -0.244. The van der Waals surface area contributed by atoms with E-state index in [-0.39, 0.29) is 5.82 Å². The van der Waals surface area contributed by atoms with Gasteiger partial charge in [-0.15, -0.1) is 11.3 Å². The van der Waals surface area contributed by atoms with Crippen molar-refractivity contribution in [2.75, 3.05) is 6.61 Å². The van der Waals surface area contributed by atoms with Crippen LogP contribution in [0.1, 0.15) is 6.92 Å². The lowest BCUT2D eigenvalue weighted by Crippen LogP contribution is -1.89. The Morgan fingerprint density at radius 3 is 2.84 bits per heavy atom. The summed E-state index contributed by atoms with van der Waals surface area (Å²) in [5.41, 5.74) is 1.41. The van der Waals surface area contributed by atoms with Gasteiger partial charge in [-0.25, -0.2) is 9.37 Å². The topological polar surface area (TPSA) is 22.1 Å². The zero-order chi connectivity index (χ0) is 13.2. The molecule has 0 aliphatic carbocycles. The summed E-state index contributed by atoms with van der Waals surface area (Å²) >= 11 is 1.47. The zero-order valence-electron chi connectivity index (χ0n) is 10.4. The quantitative estimate of drug-likeness (QED) is 0.701. The Bertz CT molecular complexity index is 723. The standard InChI is InChI=1S/C15H12FNOS/c1-2-18-10-7-8-13-14(9-10)19-15(17-13)11-5-3-4-6-12(11)16/h3-9H,2H2,1H3. The third-order valence-electron chi connectivity index (χ3n) is 2.78. The normalized spacial score (nSPS) is 10.8. The smallest absolute Gasteiger partial charge is 0.133 e. The van der Waals surface area contributed by atoms with Crippen LogP contribution in [-0.2, 0) is 0 Å². The predicted octanol–water partition coefficient (Wildman–Crippen LogP) is 4.50. The number of benzene rings is 2. The summed E-state index contributed by atoms with van der Waals surface area (Å²) in [5, 5.41) is 0.696. The first kappa shape index (κ1) is 12.1. The van der Waals surface area contributed by atoms with Gasteiger partial charge in [0.1, 0.15) is 16.6 Å². The monoisotopic (exact) mass is 273 g/mol. The van der Waals surface area contributed by atoms with Crippen LogP contribution in [0.5, 0.6) is 5.75 Å². The molecule has 0 amide bonds. The van der Waals surface area contributed by atoms with Crippen molar-refractivity contribution in [3.8, 4) is 16.3 Å². The molecule has 2 nitrogen and oxygen atoms in total. The molecule has 0 N–H and O–H groups in total. The molecule has 0 fully saturated rings. The van der Waals surface area contributed by atoms with Gasteiger partial charge in [0.15, 0.2) is 0 Å². The van der Waals surface area contributed by atoms with Crippen molar-refractivity contribution in [3.05, 3.63) is 48.3 Å². The number of ether oxygens (including phenoxy) is 1. The van der Waals surface area contributed by atoms with Crippen molar-refractivity contribution < 1.29 is 9.13 Å². The molecule has 0 unspecified atom stereocenters. The maximum Gasteiger partial charge on any atom is 0.133 e. The Balaban J connectivity index is 2.09. The highest BCUT2D eigenvalue weighted by Crippen LogP contribution is 2.33. The van der Waals surface area contributed by atoms with E-state index in [1.165, 1.54) is 17.4 Å². The van der Waals surface area contributed by atoms with Gasteiger partial charge in [-0.05, 0) is 37.3 Å². The lowest BCUT2D eigenvalue weighted by Gasteiger charge is -2.00. The second kappa shape index (κ2) is 4.97. The van der Waals surface area contributed by atoms with Crippen LogP contribution in [-0.4, -0.2) is 11.6 Å². The summed E-state index contributed by atoms with van der Waals surface area (Å²) in [6.45, 7) is 2.58. The van der Waals surface area contributed by atoms with Crippen molar-refractivity contribution in [1.29, 1.82) is 0 Å². The molecule has 0 saturated carbocycles. The molecule has 3 aromatic rings. The van der Waals surface area contributed by atoms with E-state index in [0.717, 1.165) is 16.0 Å². The summed E-state index contributed by atoms with van der Waals surface area (Å²) in [4.78, 5) is 4.47. The van der Waals surface area contributed by atoms with Crippen molar-refractivity contribution >= 4 is 21.6 Å². The molecule has 0 aliphatic rings. The molecule has 2 aromatic carbocycles. The molecule has 0 spiro atoms. The molecular weight excluding hydrogens is 261 g/mol. The molecule has 0 saturated heterocycles. The summed E-state index contributed by atoms with van der Waals surface area (Å²) in [7, 11) is 0. The molecule has 1 aromatic heterocycles. The van der Waals surface area contributed by atoms with Crippen LogP contribution in [0.15, 0.2) is 42.5 Å². The number of thiazole rings is 1.